The second-order valence-electron chi connectivity index (χ2n) is 4.81. The van der Waals surface area contributed by atoms with Crippen molar-refractivity contribution in [3.8, 4) is 11.5 Å². The van der Waals surface area contributed by atoms with Gasteiger partial charge in [0.15, 0.2) is 0 Å². The number of nitrogens with one attached hydrogen (secondary N) is 1. The Bertz CT molecular complexity index is 528. The van der Waals surface area contributed by atoms with Gasteiger partial charge in [0.25, 0.3) is 0 Å². The van der Waals surface area contributed by atoms with E-state index in [0.717, 1.165) is 11.1 Å². The summed E-state index contributed by atoms with van der Waals surface area (Å²) in [7, 11) is 0. The number of aliphatic hydroxyl groups is 1. The lowest BCUT2D eigenvalue weighted by Gasteiger charge is -2.16. The van der Waals surface area contributed by atoms with E-state index >= 15 is 0 Å². The average Bonchev–Trinajstić information content (AvgIpc) is 2.43. The Balaban J connectivity index is 0.00000220. The normalized spacial score (nSPS) is 11.7. The summed E-state index contributed by atoms with van der Waals surface area (Å²) in [6, 6.07) is 14.3. The average molecular weight is 354 g/mol. The lowest BCUT2D eigenvalue weighted by molar-refractivity contribution is 0.240. The van der Waals surface area contributed by atoms with Crippen LogP contribution in [0.15, 0.2) is 48.5 Å². The van der Waals surface area contributed by atoms with Crippen LogP contribution in [0.4, 0.5) is 0 Å². The number of rotatable bonds is 6. The third kappa shape index (κ3) is 5.75. The predicted octanol–water partition coefficient (Wildman–Crippen LogP) is 2.37. The lowest BCUT2D eigenvalue weighted by atomic mass is 10.1. The van der Waals surface area contributed by atoms with Crippen molar-refractivity contribution in [1.82, 2.24) is 5.32 Å². The summed E-state index contributed by atoms with van der Waals surface area (Å²) in [5.41, 5.74) is 1.92. The summed E-state index contributed by atoms with van der Waals surface area (Å²) in [6.07, 6.45) is 0.533. The Morgan fingerprint density at radius 2 is 1.52 bits per heavy atom. The summed E-state index contributed by atoms with van der Waals surface area (Å²) in [5, 5.41) is 31.6. The van der Waals surface area contributed by atoms with Gasteiger partial charge in [-0.05, 0) is 29.7 Å². The second kappa shape index (κ2) is 8.67. The Kier molecular flexibility index (Phi) is 7.22. The van der Waals surface area contributed by atoms with Gasteiger partial charge in [0.1, 0.15) is 11.5 Å². The smallest absolute Gasteiger partial charge is 0.119 e. The third-order valence-corrected chi connectivity index (χ3v) is 3.10. The maximum Gasteiger partial charge on any atom is 0.119 e. The maximum atomic E-state index is 9.44. The number of hydrogen-bond acceptors (Lipinski definition) is 4. The molecule has 0 fully saturated rings. The second-order valence-corrected chi connectivity index (χ2v) is 4.81. The van der Waals surface area contributed by atoms with Crippen molar-refractivity contribution in [2.24, 2.45) is 0 Å². The van der Waals surface area contributed by atoms with E-state index in [2.05, 4.69) is 5.32 Å². The standard InChI is InChI=1S/C16H19NO3.BrH/c18-11-14(17-10-12-4-2-1-3-5-12)6-13-7-15(19)9-16(20)8-13;/h1-5,7-9,14,17-20H,6,10-11H2;1H. The van der Waals surface area contributed by atoms with E-state index in [1.807, 2.05) is 30.3 Å². The molecule has 4 nitrogen and oxygen atoms in total. The molecule has 0 spiro atoms. The highest BCUT2D eigenvalue weighted by atomic mass is 79.9. The van der Waals surface area contributed by atoms with Gasteiger partial charge < -0.3 is 20.6 Å². The molecule has 21 heavy (non-hydrogen) atoms. The molecule has 0 aromatic heterocycles. The van der Waals surface area contributed by atoms with Gasteiger partial charge in [-0.1, -0.05) is 30.3 Å². The van der Waals surface area contributed by atoms with Gasteiger partial charge in [-0.3, -0.25) is 0 Å². The maximum absolute atomic E-state index is 9.44. The van der Waals surface area contributed by atoms with Crippen molar-refractivity contribution in [2.45, 2.75) is 19.0 Å². The SMILES string of the molecule is Br.OCC(Cc1cc(O)cc(O)c1)NCc1ccccc1. The Labute approximate surface area is 134 Å². The molecule has 5 heteroatoms. The van der Waals surface area contributed by atoms with E-state index in [1.165, 1.54) is 6.07 Å². The molecular formula is C16H20BrNO3. The summed E-state index contributed by atoms with van der Waals surface area (Å²) >= 11 is 0. The first-order valence-corrected chi connectivity index (χ1v) is 6.57. The molecule has 0 saturated heterocycles. The molecule has 2 aromatic carbocycles. The van der Waals surface area contributed by atoms with E-state index in [-0.39, 0.29) is 41.1 Å². The van der Waals surface area contributed by atoms with Crippen LogP contribution in [0, 0.1) is 0 Å². The van der Waals surface area contributed by atoms with E-state index in [4.69, 9.17) is 0 Å². The van der Waals surface area contributed by atoms with E-state index in [9.17, 15) is 15.3 Å². The summed E-state index contributed by atoms with van der Waals surface area (Å²) in [4.78, 5) is 0. The van der Waals surface area contributed by atoms with Crippen molar-refractivity contribution >= 4 is 17.0 Å². The van der Waals surface area contributed by atoms with Crippen molar-refractivity contribution in [3.63, 3.8) is 0 Å². The highest BCUT2D eigenvalue weighted by molar-refractivity contribution is 8.93. The van der Waals surface area contributed by atoms with Gasteiger partial charge in [0, 0.05) is 18.7 Å². The zero-order valence-electron chi connectivity index (χ0n) is 11.6. The largest absolute Gasteiger partial charge is 0.508 e. The molecule has 0 saturated carbocycles. The Morgan fingerprint density at radius 1 is 0.905 bits per heavy atom. The van der Waals surface area contributed by atoms with Gasteiger partial charge in [0.05, 0.1) is 6.61 Å². The molecular weight excluding hydrogens is 334 g/mol. The van der Waals surface area contributed by atoms with Crippen molar-refractivity contribution in [1.29, 1.82) is 0 Å². The number of benzene rings is 2. The van der Waals surface area contributed by atoms with Crippen LogP contribution in [0.3, 0.4) is 0 Å². The molecule has 1 atom stereocenters. The van der Waals surface area contributed by atoms with Gasteiger partial charge in [-0.15, -0.1) is 17.0 Å². The molecule has 0 amide bonds. The topological polar surface area (TPSA) is 72.7 Å². The molecule has 0 aliphatic carbocycles. The monoisotopic (exact) mass is 353 g/mol. The first-order chi connectivity index (χ1) is 9.67. The fourth-order valence-electron chi connectivity index (χ4n) is 2.12. The molecule has 2 aromatic rings. The van der Waals surface area contributed by atoms with Crippen LogP contribution in [0.2, 0.25) is 0 Å². The van der Waals surface area contributed by atoms with Crippen LogP contribution in [0.1, 0.15) is 11.1 Å². The Morgan fingerprint density at radius 3 is 2.10 bits per heavy atom. The number of phenolic OH excluding ortho intramolecular Hbond substituents is 2. The van der Waals surface area contributed by atoms with Crippen LogP contribution in [0.25, 0.3) is 0 Å². The van der Waals surface area contributed by atoms with Crippen LogP contribution >= 0.6 is 17.0 Å². The predicted molar refractivity (Wildman–Crippen MR) is 88.0 cm³/mol. The van der Waals surface area contributed by atoms with Gasteiger partial charge in [-0.25, -0.2) is 0 Å². The minimum Gasteiger partial charge on any atom is -0.508 e. The zero-order chi connectivity index (χ0) is 14.4. The molecule has 114 valence electrons. The number of phenols is 2. The number of halogens is 1. The minimum absolute atomic E-state index is 0. The fourth-order valence-corrected chi connectivity index (χ4v) is 2.12. The fraction of sp³-hybridized carbons (Fsp3) is 0.250. The van der Waals surface area contributed by atoms with Crippen LogP contribution < -0.4 is 5.32 Å². The molecule has 0 aliphatic rings. The molecule has 0 radical (unpaired) electrons. The number of aliphatic hydroxyl groups excluding tert-OH is 1. The highest BCUT2D eigenvalue weighted by Gasteiger charge is 2.09. The molecule has 4 N–H and O–H groups in total. The van der Waals surface area contributed by atoms with E-state index in [0.29, 0.717) is 13.0 Å². The number of aromatic hydroxyl groups is 2. The van der Waals surface area contributed by atoms with Crippen molar-refractivity contribution in [2.75, 3.05) is 6.61 Å². The van der Waals surface area contributed by atoms with Crippen LogP contribution in [-0.2, 0) is 13.0 Å². The third-order valence-electron chi connectivity index (χ3n) is 3.10. The summed E-state index contributed by atoms with van der Waals surface area (Å²) in [6.45, 7) is 0.653. The van der Waals surface area contributed by atoms with Gasteiger partial charge in [-0.2, -0.15) is 0 Å². The lowest BCUT2D eigenvalue weighted by Crippen LogP contribution is -2.34. The van der Waals surface area contributed by atoms with Gasteiger partial charge >= 0.3 is 0 Å². The first kappa shape index (κ1) is 17.5. The minimum atomic E-state index is -0.128. The van der Waals surface area contributed by atoms with Crippen molar-refractivity contribution < 1.29 is 15.3 Å². The van der Waals surface area contributed by atoms with E-state index in [1.54, 1.807) is 12.1 Å². The van der Waals surface area contributed by atoms with Crippen LogP contribution in [0.5, 0.6) is 11.5 Å². The molecule has 1 unspecified atom stereocenters. The van der Waals surface area contributed by atoms with Crippen molar-refractivity contribution in [3.05, 3.63) is 59.7 Å². The molecule has 0 aliphatic heterocycles. The molecule has 0 bridgehead atoms. The summed E-state index contributed by atoms with van der Waals surface area (Å²) in [5.74, 6) is 0.0551. The summed E-state index contributed by atoms with van der Waals surface area (Å²) < 4.78 is 0. The van der Waals surface area contributed by atoms with E-state index < -0.39 is 0 Å². The first-order valence-electron chi connectivity index (χ1n) is 6.57. The zero-order valence-corrected chi connectivity index (χ0v) is 13.3. The highest BCUT2D eigenvalue weighted by Crippen LogP contribution is 2.21. The molecule has 2 rings (SSSR count). The quantitative estimate of drug-likeness (QED) is 0.643. The molecule has 0 heterocycles. The Hall–Kier alpha value is -1.56. The number of hydrogen-bond donors (Lipinski definition) is 4. The van der Waals surface area contributed by atoms with Crippen LogP contribution in [-0.4, -0.2) is 28.0 Å². The van der Waals surface area contributed by atoms with Gasteiger partial charge in [0.2, 0.25) is 0 Å².